The van der Waals surface area contributed by atoms with Crippen LogP contribution in [0.1, 0.15) is 0 Å². The molecule has 0 saturated heterocycles. The van der Waals surface area contributed by atoms with Crippen LogP contribution >= 0.6 is 0 Å². The molecule has 0 amide bonds. The topological polar surface area (TPSA) is 108 Å². The Hall–Kier alpha value is -1.62. The molecule has 5 nitrogen and oxygen atoms in total. The SMILES string of the molecule is NOc1ccc(O)c(N)c1N. The molecular formula is C6H9N3O2. The third-order valence-corrected chi connectivity index (χ3v) is 1.35. The normalized spacial score (nSPS) is 9.55. The minimum atomic E-state index is -0.0803. The van der Waals surface area contributed by atoms with Gasteiger partial charge in [0.1, 0.15) is 17.1 Å². The van der Waals surface area contributed by atoms with Crippen LogP contribution in [0.2, 0.25) is 0 Å². The first-order valence-corrected chi connectivity index (χ1v) is 2.90. The molecule has 0 saturated carbocycles. The highest BCUT2D eigenvalue weighted by molar-refractivity contribution is 5.76. The van der Waals surface area contributed by atoms with Gasteiger partial charge in [0.15, 0.2) is 5.75 Å². The van der Waals surface area contributed by atoms with E-state index in [1.165, 1.54) is 12.1 Å². The molecule has 0 radical (unpaired) electrons. The minimum Gasteiger partial charge on any atom is -0.506 e. The summed E-state index contributed by atoms with van der Waals surface area (Å²) in [5.74, 6) is 5.02. The van der Waals surface area contributed by atoms with Crippen molar-refractivity contribution < 1.29 is 9.94 Å². The number of hydrogen-bond acceptors (Lipinski definition) is 5. The van der Waals surface area contributed by atoms with E-state index < -0.39 is 0 Å². The summed E-state index contributed by atoms with van der Waals surface area (Å²) in [5, 5.41) is 9.02. The van der Waals surface area contributed by atoms with Gasteiger partial charge in [-0.25, -0.2) is 0 Å². The maximum absolute atomic E-state index is 9.02. The summed E-state index contributed by atoms with van der Waals surface area (Å²) in [6, 6.07) is 2.79. The Morgan fingerprint density at radius 2 is 1.82 bits per heavy atom. The Bertz CT molecular complexity index is 275. The number of rotatable bonds is 1. The molecule has 0 unspecified atom stereocenters. The minimum absolute atomic E-state index is 0.0768. The molecule has 1 aromatic carbocycles. The zero-order valence-electron chi connectivity index (χ0n) is 5.74. The van der Waals surface area contributed by atoms with E-state index in [4.69, 9.17) is 22.5 Å². The Kier molecular flexibility index (Phi) is 1.74. The second kappa shape index (κ2) is 2.55. The summed E-state index contributed by atoms with van der Waals surface area (Å²) in [4.78, 5) is 4.36. The Morgan fingerprint density at radius 3 is 2.36 bits per heavy atom. The molecular weight excluding hydrogens is 146 g/mol. The molecule has 0 bridgehead atoms. The summed E-state index contributed by atoms with van der Waals surface area (Å²) < 4.78 is 0. The predicted octanol–water partition coefficient (Wildman–Crippen LogP) is -0.191. The van der Waals surface area contributed by atoms with Gasteiger partial charge in [-0.1, -0.05) is 0 Å². The fourth-order valence-corrected chi connectivity index (χ4v) is 0.708. The lowest BCUT2D eigenvalue weighted by Gasteiger charge is -2.06. The number of hydrogen-bond donors (Lipinski definition) is 4. The van der Waals surface area contributed by atoms with Crippen molar-refractivity contribution >= 4 is 11.4 Å². The first-order chi connectivity index (χ1) is 5.16. The third kappa shape index (κ3) is 1.13. The van der Waals surface area contributed by atoms with E-state index in [9.17, 15) is 0 Å². The average Bonchev–Trinajstić information content (AvgIpc) is 2.01. The summed E-state index contributed by atoms with van der Waals surface area (Å²) in [6.07, 6.45) is 0. The Labute approximate surface area is 63.3 Å². The first kappa shape index (κ1) is 7.49. The largest absolute Gasteiger partial charge is 0.506 e. The zero-order valence-corrected chi connectivity index (χ0v) is 5.74. The van der Waals surface area contributed by atoms with Gasteiger partial charge in [0.2, 0.25) is 0 Å². The van der Waals surface area contributed by atoms with E-state index >= 15 is 0 Å². The highest BCUT2D eigenvalue weighted by Crippen LogP contribution is 2.33. The molecule has 0 aliphatic rings. The Balaban J connectivity index is 3.25. The van der Waals surface area contributed by atoms with Crippen LogP contribution in [0.3, 0.4) is 0 Å². The quantitative estimate of drug-likeness (QED) is 0.255. The molecule has 5 heteroatoms. The molecule has 0 aliphatic heterocycles. The fraction of sp³-hybridized carbons (Fsp3) is 0. The summed E-state index contributed by atoms with van der Waals surface area (Å²) in [5.41, 5.74) is 11.0. The van der Waals surface area contributed by atoms with Gasteiger partial charge in [0.05, 0.1) is 0 Å². The summed E-state index contributed by atoms with van der Waals surface area (Å²) in [7, 11) is 0. The van der Waals surface area contributed by atoms with Crippen molar-refractivity contribution in [2.24, 2.45) is 5.90 Å². The molecule has 0 heterocycles. The van der Waals surface area contributed by atoms with Crippen LogP contribution in [0, 0.1) is 0 Å². The monoisotopic (exact) mass is 155 g/mol. The number of phenols is 1. The van der Waals surface area contributed by atoms with E-state index in [0.717, 1.165) is 0 Å². The van der Waals surface area contributed by atoms with Crippen LogP contribution < -0.4 is 22.2 Å². The van der Waals surface area contributed by atoms with Gasteiger partial charge in [-0.05, 0) is 12.1 Å². The molecule has 1 rings (SSSR count). The molecule has 0 aromatic heterocycles. The van der Waals surface area contributed by atoms with Gasteiger partial charge in [0.25, 0.3) is 0 Å². The fourth-order valence-electron chi connectivity index (χ4n) is 0.708. The molecule has 0 atom stereocenters. The van der Waals surface area contributed by atoms with Crippen LogP contribution in [0.25, 0.3) is 0 Å². The highest BCUT2D eigenvalue weighted by Gasteiger charge is 2.06. The number of phenolic OH excluding ortho intramolecular Hbond substituents is 1. The molecule has 11 heavy (non-hydrogen) atoms. The molecule has 7 N–H and O–H groups in total. The smallest absolute Gasteiger partial charge is 0.172 e. The second-order valence-corrected chi connectivity index (χ2v) is 2.03. The lowest BCUT2D eigenvalue weighted by molar-refractivity contribution is 0.336. The van der Waals surface area contributed by atoms with Crippen molar-refractivity contribution in [3.63, 3.8) is 0 Å². The Morgan fingerprint density at radius 1 is 1.18 bits per heavy atom. The van der Waals surface area contributed by atoms with Gasteiger partial charge in [-0.3, -0.25) is 0 Å². The van der Waals surface area contributed by atoms with Crippen molar-refractivity contribution in [2.45, 2.75) is 0 Å². The summed E-state index contributed by atoms with van der Waals surface area (Å²) >= 11 is 0. The van der Waals surface area contributed by atoms with Crippen molar-refractivity contribution in [1.29, 1.82) is 0 Å². The first-order valence-electron chi connectivity index (χ1n) is 2.90. The number of anilines is 2. The molecule has 0 aliphatic carbocycles. The van der Waals surface area contributed by atoms with E-state index in [1.54, 1.807) is 0 Å². The number of benzene rings is 1. The van der Waals surface area contributed by atoms with E-state index in [2.05, 4.69) is 4.84 Å². The predicted molar refractivity (Wildman–Crippen MR) is 41.7 cm³/mol. The maximum atomic E-state index is 9.02. The lowest BCUT2D eigenvalue weighted by Crippen LogP contribution is -2.06. The number of nitrogen functional groups attached to an aromatic ring is 2. The van der Waals surface area contributed by atoms with Crippen molar-refractivity contribution in [3.8, 4) is 11.5 Å². The average molecular weight is 155 g/mol. The maximum Gasteiger partial charge on any atom is 0.172 e. The van der Waals surface area contributed by atoms with Crippen molar-refractivity contribution in [1.82, 2.24) is 0 Å². The molecule has 1 aromatic rings. The third-order valence-electron chi connectivity index (χ3n) is 1.35. The van der Waals surface area contributed by atoms with Crippen LogP contribution in [0.5, 0.6) is 11.5 Å². The number of nitrogens with two attached hydrogens (primary N) is 3. The van der Waals surface area contributed by atoms with Crippen LogP contribution in [-0.4, -0.2) is 5.11 Å². The molecule has 60 valence electrons. The highest BCUT2D eigenvalue weighted by atomic mass is 16.6. The van der Waals surface area contributed by atoms with Crippen LogP contribution in [0.4, 0.5) is 11.4 Å². The van der Waals surface area contributed by atoms with Crippen molar-refractivity contribution in [3.05, 3.63) is 12.1 Å². The van der Waals surface area contributed by atoms with Crippen LogP contribution in [-0.2, 0) is 0 Å². The van der Waals surface area contributed by atoms with Gasteiger partial charge < -0.3 is 21.4 Å². The lowest BCUT2D eigenvalue weighted by atomic mass is 10.2. The van der Waals surface area contributed by atoms with Gasteiger partial charge >= 0.3 is 0 Å². The molecule has 0 spiro atoms. The van der Waals surface area contributed by atoms with Crippen molar-refractivity contribution in [2.75, 3.05) is 11.5 Å². The van der Waals surface area contributed by atoms with Gasteiger partial charge in [-0.15, -0.1) is 0 Å². The van der Waals surface area contributed by atoms with Gasteiger partial charge in [-0.2, -0.15) is 5.90 Å². The molecule has 0 fully saturated rings. The van der Waals surface area contributed by atoms with E-state index in [1.807, 2.05) is 0 Å². The summed E-state index contributed by atoms with van der Waals surface area (Å²) in [6.45, 7) is 0. The second-order valence-electron chi connectivity index (χ2n) is 2.03. The standard InChI is InChI=1S/C6H9N3O2/c7-5-3(10)1-2-4(11-9)6(5)8/h1-2,10H,7-9H2. The van der Waals surface area contributed by atoms with Gasteiger partial charge in [0, 0.05) is 0 Å². The van der Waals surface area contributed by atoms with Crippen LogP contribution in [0.15, 0.2) is 12.1 Å². The zero-order chi connectivity index (χ0) is 8.43. The number of aromatic hydroxyl groups is 1. The van der Waals surface area contributed by atoms with E-state index in [-0.39, 0.29) is 22.9 Å². The van der Waals surface area contributed by atoms with E-state index in [0.29, 0.717) is 0 Å².